The highest BCUT2D eigenvalue weighted by Gasteiger charge is 2.16. The molecule has 0 aliphatic carbocycles. The Morgan fingerprint density at radius 1 is 0.553 bits per heavy atom. The number of nitrogens with zero attached hydrogens (tertiary/aromatic N) is 5. The van der Waals surface area contributed by atoms with Gasteiger partial charge in [0.05, 0.1) is 22.2 Å². The van der Waals surface area contributed by atoms with Gasteiger partial charge in [0.1, 0.15) is 10.5 Å². The first-order chi connectivity index (χ1) is 18.7. The Hall–Kier alpha value is -4.59. The summed E-state index contributed by atoms with van der Waals surface area (Å²) in [6.45, 7) is 0. The molecule has 0 bridgehead atoms. The first-order valence-electron chi connectivity index (χ1n) is 12.1. The van der Waals surface area contributed by atoms with Crippen LogP contribution in [0.1, 0.15) is 0 Å². The van der Waals surface area contributed by atoms with Crippen LogP contribution >= 0.6 is 24.4 Å². The fraction of sp³-hybridized carbons (Fsp3) is 0. The summed E-state index contributed by atoms with van der Waals surface area (Å²) in [6.07, 6.45) is 0. The summed E-state index contributed by atoms with van der Waals surface area (Å²) in [6, 6.07) is 38.0. The van der Waals surface area contributed by atoms with Crippen LogP contribution in [0.25, 0.3) is 56.0 Å². The van der Waals surface area contributed by atoms with Crippen LogP contribution < -0.4 is 0 Å². The van der Waals surface area contributed by atoms with Gasteiger partial charge in [-0.05, 0) is 24.3 Å². The van der Waals surface area contributed by atoms with E-state index in [4.69, 9.17) is 39.4 Å². The summed E-state index contributed by atoms with van der Waals surface area (Å²) < 4.78 is 5.16. The van der Waals surface area contributed by atoms with E-state index in [0.717, 1.165) is 38.8 Å². The Morgan fingerprint density at radius 3 is 1.95 bits per heavy atom. The third kappa shape index (κ3) is 3.63. The van der Waals surface area contributed by atoms with Crippen LogP contribution in [0, 0.1) is 9.28 Å². The molecule has 0 spiro atoms. The molecule has 0 aliphatic rings. The standard InChI is InChI=1S/C31H19N5S2/c37-30-22-15-7-8-16-23(22)33-29-31(38)35(25-17-9-10-18-26(25)36(29)30)27-19-24(20-11-3-1-4-12-20)32-28(34-27)21-13-5-2-6-14-21/h1-19H. The lowest BCUT2D eigenvalue weighted by Gasteiger charge is -2.17. The van der Waals surface area contributed by atoms with Crippen LogP contribution in [0.5, 0.6) is 0 Å². The van der Waals surface area contributed by atoms with Gasteiger partial charge in [0, 0.05) is 22.6 Å². The predicted octanol–water partition coefficient (Wildman–Crippen LogP) is 8.01. The molecule has 0 N–H and O–H groups in total. The van der Waals surface area contributed by atoms with E-state index in [1.807, 2.05) is 124 Å². The molecule has 0 radical (unpaired) electrons. The minimum atomic E-state index is 0.525. The lowest BCUT2D eigenvalue weighted by Crippen LogP contribution is -2.10. The third-order valence-corrected chi connectivity index (χ3v) is 7.34. The van der Waals surface area contributed by atoms with Gasteiger partial charge < -0.3 is 0 Å². The molecule has 7 heteroatoms. The average Bonchev–Trinajstić information content (AvgIpc) is 2.98. The van der Waals surface area contributed by atoms with E-state index in [0.29, 0.717) is 26.6 Å². The van der Waals surface area contributed by atoms with Crippen LogP contribution in [-0.4, -0.2) is 23.9 Å². The predicted molar refractivity (Wildman–Crippen MR) is 158 cm³/mol. The molecule has 0 saturated carbocycles. The van der Waals surface area contributed by atoms with Crippen molar-refractivity contribution in [3.63, 3.8) is 0 Å². The van der Waals surface area contributed by atoms with Gasteiger partial charge in [0.2, 0.25) is 0 Å². The molecular weight excluding hydrogens is 507 g/mol. The number of rotatable bonds is 3. The number of fused-ring (bicyclic) bond motifs is 4. The first-order valence-corrected chi connectivity index (χ1v) is 13.0. The molecule has 4 aromatic carbocycles. The summed E-state index contributed by atoms with van der Waals surface area (Å²) >= 11 is 12.1. The van der Waals surface area contributed by atoms with Gasteiger partial charge in [-0.2, -0.15) is 0 Å². The van der Waals surface area contributed by atoms with Crippen molar-refractivity contribution < 1.29 is 0 Å². The van der Waals surface area contributed by atoms with E-state index in [2.05, 4.69) is 0 Å². The van der Waals surface area contributed by atoms with Gasteiger partial charge in [-0.15, -0.1) is 0 Å². The van der Waals surface area contributed by atoms with Crippen LogP contribution in [0.3, 0.4) is 0 Å². The van der Waals surface area contributed by atoms with Crippen LogP contribution in [-0.2, 0) is 0 Å². The van der Waals surface area contributed by atoms with Crippen molar-refractivity contribution in [2.75, 3.05) is 0 Å². The molecule has 7 aromatic rings. The van der Waals surface area contributed by atoms with Crippen molar-refractivity contribution in [2.45, 2.75) is 0 Å². The fourth-order valence-corrected chi connectivity index (χ4v) is 5.49. The van der Waals surface area contributed by atoms with Crippen molar-refractivity contribution in [3.8, 4) is 28.5 Å². The van der Waals surface area contributed by atoms with Crippen molar-refractivity contribution in [1.82, 2.24) is 23.9 Å². The SMILES string of the molecule is S=c1c2nc3ccccc3c(=S)n2c2ccccc2n1-c1cc(-c2ccccc2)nc(-c2ccccc2)n1. The molecule has 180 valence electrons. The smallest absolute Gasteiger partial charge is 0.174 e. The van der Waals surface area contributed by atoms with E-state index < -0.39 is 0 Å². The molecule has 3 heterocycles. The zero-order valence-electron chi connectivity index (χ0n) is 20.0. The molecule has 0 atom stereocenters. The first kappa shape index (κ1) is 22.6. The number of benzene rings is 4. The molecule has 0 unspecified atom stereocenters. The summed E-state index contributed by atoms with van der Waals surface area (Å²) in [5, 5.41) is 0.914. The van der Waals surface area contributed by atoms with Gasteiger partial charge in [-0.3, -0.25) is 8.97 Å². The summed E-state index contributed by atoms with van der Waals surface area (Å²) in [5.74, 6) is 1.29. The maximum Gasteiger partial charge on any atom is 0.174 e. The van der Waals surface area contributed by atoms with Crippen molar-refractivity contribution >= 4 is 52.0 Å². The molecule has 0 aliphatic heterocycles. The van der Waals surface area contributed by atoms with Crippen molar-refractivity contribution in [1.29, 1.82) is 0 Å². The minimum absolute atomic E-state index is 0.525. The second kappa shape index (κ2) is 9.06. The average molecular weight is 526 g/mol. The quantitative estimate of drug-likeness (QED) is 0.133. The largest absolute Gasteiger partial charge is 0.280 e. The monoisotopic (exact) mass is 525 g/mol. The van der Waals surface area contributed by atoms with Gasteiger partial charge in [0.15, 0.2) is 16.1 Å². The molecule has 5 nitrogen and oxygen atoms in total. The van der Waals surface area contributed by atoms with E-state index >= 15 is 0 Å². The summed E-state index contributed by atoms with van der Waals surface area (Å²) in [7, 11) is 0. The zero-order valence-corrected chi connectivity index (χ0v) is 21.7. The van der Waals surface area contributed by atoms with E-state index in [9.17, 15) is 0 Å². The molecule has 0 saturated heterocycles. The highest BCUT2D eigenvalue weighted by atomic mass is 32.1. The fourth-order valence-electron chi connectivity index (χ4n) is 4.80. The van der Waals surface area contributed by atoms with E-state index in [1.165, 1.54) is 0 Å². The Balaban J connectivity index is 1.62. The van der Waals surface area contributed by atoms with Gasteiger partial charge >= 0.3 is 0 Å². The lowest BCUT2D eigenvalue weighted by molar-refractivity contribution is 0.971. The lowest BCUT2D eigenvalue weighted by atomic mass is 10.1. The van der Waals surface area contributed by atoms with Crippen LogP contribution in [0.4, 0.5) is 0 Å². The van der Waals surface area contributed by atoms with E-state index in [-0.39, 0.29) is 0 Å². The highest BCUT2D eigenvalue weighted by molar-refractivity contribution is 7.72. The second-order valence-electron chi connectivity index (χ2n) is 8.89. The zero-order chi connectivity index (χ0) is 25.6. The maximum atomic E-state index is 6.12. The summed E-state index contributed by atoms with van der Waals surface area (Å²) in [4.78, 5) is 14.9. The number of aromatic nitrogens is 5. The van der Waals surface area contributed by atoms with Crippen LogP contribution in [0.2, 0.25) is 0 Å². The number of para-hydroxylation sites is 3. The molecule has 7 rings (SSSR count). The normalized spacial score (nSPS) is 11.4. The van der Waals surface area contributed by atoms with Gasteiger partial charge in [0.25, 0.3) is 0 Å². The summed E-state index contributed by atoms with van der Waals surface area (Å²) in [5.41, 5.74) is 5.94. The maximum absolute atomic E-state index is 6.12. The minimum Gasteiger partial charge on any atom is -0.280 e. The topological polar surface area (TPSA) is 48.0 Å². The van der Waals surface area contributed by atoms with Crippen molar-refractivity contribution in [2.24, 2.45) is 0 Å². The van der Waals surface area contributed by atoms with Crippen LogP contribution in [0.15, 0.2) is 115 Å². The van der Waals surface area contributed by atoms with E-state index in [1.54, 1.807) is 0 Å². The van der Waals surface area contributed by atoms with Gasteiger partial charge in [-0.25, -0.2) is 15.0 Å². The molecular formula is C31H19N5S2. The molecule has 3 aromatic heterocycles. The molecule has 0 fully saturated rings. The van der Waals surface area contributed by atoms with Gasteiger partial charge in [-0.1, -0.05) is 109 Å². The Labute approximate surface area is 228 Å². The second-order valence-corrected chi connectivity index (χ2v) is 9.66. The highest BCUT2D eigenvalue weighted by Crippen LogP contribution is 2.29. The molecule has 38 heavy (non-hydrogen) atoms. The van der Waals surface area contributed by atoms with Crippen molar-refractivity contribution in [3.05, 3.63) is 125 Å². The molecule has 0 amide bonds. The number of hydrogen-bond donors (Lipinski definition) is 0. The Bertz CT molecular complexity index is 2060. The Kier molecular flexibility index (Phi) is 5.39. The third-order valence-electron chi connectivity index (χ3n) is 6.58. The number of hydrogen-bond acceptors (Lipinski definition) is 5. The Morgan fingerprint density at radius 2 is 1.18 bits per heavy atom.